The average molecular weight is 483 g/mol. The van der Waals surface area contributed by atoms with Crippen molar-refractivity contribution in [2.45, 2.75) is 44.6 Å². The predicted molar refractivity (Wildman–Crippen MR) is 135 cm³/mol. The summed E-state index contributed by atoms with van der Waals surface area (Å²) in [6.07, 6.45) is 10.6. The first-order valence-electron chi connectivity index (χ1n) is 12.3. The SMILES string of the molecule is Cc1cc(CC(=O)Nc2cnn(C34CCC(C3)C4)c2)ccc1Oc1cc[nH+]c2ccc(C(N)=O)cc12. The Balaban J connectivity index is 1.14. The molecule has 182 valence electrons. The Morgan fingerprint density at radius 3 is 2.81 bits per heavy atom. The molecule has 4 N–H and O–H groups in total. The van der Waals surface area contributed by atoms with Gasteiger partial charge in [-0.25, -0.2) is 4.98 Å². The third kappa shape index (κ3) is 3.98. The molecule has 2 bridgehead atoms. The number of primary amides is 1. The Bertz CT molecular complexity index is 1500. The molecule has 3 fully saturated rings. The number of anilines is 1. The minimum atomic E-state index is -0.493. The lowest BCUT2D eigenvalue weighted by molar-refractivity contribution is -0.344. The number of carbonyl (C=O) groups is 2. The molecule has 4 aromatic rings. The summed E-state index contributed by atoms with van der Waals surface area (Å²) in [6.45, 7) is 1.94. The quantitative estimate of drug-likeness (QED) is 0.412. The summed E-state index contributed by atoms with van der Waals surface area (Å²) in [5.41, 5.74) is 9.41. The van der Waals surface area contributed by atoms with Crippen LogP contribution in [0.15, 0.2) is 61.1 Å². The number of ether oxygens (including phenoxy) is 1. The van der Waals surface area contributed by atoms with Crippen LogP contribution in [0, 0.1) is 12.8 Å². The summed E-state index contributed by atoms with van der Waals surface area (Å²) >= 11 is 0. The molecule has 2 aromatic heterocycles. The van der Waals surface area contributed by atoms with Crippen LogP contribution in [-0.2, 0) is 16.8 Å². The van der Waals surface area contributed by atoms with Gasteiger partial charge in [0.05, 0.1) is 29.2 Å². The highest BCUT2D eigenvalue weighted by atomic mass is 16.5. The van der Waals surface area contributed by atoms with Gasteiger partial charge in [-0.15, -0.1) is 0 Å². The standard InChI is InChI=1S/C28H27N5O3/c1-17-10-18(11-26(34)32-21-15-31-33(16-21)28-8-6-19(13-28)14-28)2-5-24(17)36-25-7-9-30-23-4-3-20(27(29)35)12-22(23)25/h2-5,7,9-10,12,15-16,19H,6,8,11,13-14H2,1H3,(H2,29,35)(H,32,34)/p+1. The lowest BCUT2D eigenvalue weighted by Crippen LogP contribution is -2.39. The number of hydrogen-bond acceptors (Lipinski definition) is 4. The van der Waals surface area contributed by atoms with Gasteiger partial charge >= 0.3 is 0 Å². The zero-order chi connectivity index (χ0) is 24.9. The third-order valence-electron chi connectivity index (χ3n) is 7.57. The second-order valence-corrected chi connectivity index (χ2v) is 10.1. The van der Waals surface area contributed by atoms with Gasteiger partial charge in [0.1, 0.15) is 11.5 Å². The van der Waals surface area contributed by atoms with Crippen molar-refractivity contribution in [3.8, 4) is 11.5 Å². The van der Waals surface area contributed by atoms with E-state index >= 15 is 0 Å². The molecule has 0 atom stereocenters. The number of aryl methyl sites for hydroxylation is 1. The highest BCUT2D eigenvalue weighted by Crippen LogP contribution is 2.56. The van der Waals surface area contributed by atoms with E-state index in [1.165, 1.54) is 25.7 Å². The van der Waals surface area contributed by atoms with Crippen molar-refractivity contribution in [2.75, 3.05) is 5.32 Å². The van der Waals surface area contributed by atoms with Crippen molar-refractivity contribution in [3.05, 3.63) is 77.7 Å². The van der Waals surface area contributed by atoms with E-state index in [0.717, 1.165) is 33.6 Å². The fourth-order valence-electron chi connectivity index (χ4n) is 5.70. The minimum absolute atomic E-state index is 0.0819. The van der Waals surface area contributed by atoms with E-state index in [4.69, 9.17) is 10.5 Å². The van der Waals surface area contributed by atoms with Gasteiger partial charge < -0.3 is 15.8 Å². The number of nitrogens with zero attached hydrogens (tertiary/aromatic N) is 2. The van der Waals surface area contributed by atoms with Crippen molar-refractivity contribution in [1.29, 1.82) is 0 Å². The molecular formula is C28H28N5O3+. The van der Waals surface area contributed by atoms with Gasteiger partial charge in [0, 0.05) is 23.9 Å². The maximum atomic E-state index is 12.7. The fourth-order valence-corrected chi connectivity index (χ4v) is 5.70. The number of aromatic amines is 1. The van der Waals surface area contributed by atoms with E-state index in [0.29, 0.717) is 17.1 Å². The van der Waals surface area contributed by atoms with Crippen molar-refractivity contribution in [1.82, 2.24) is 9.78 Å². The zero-order valence-corrected chi connectivity index (χ0v) is 20.1. The predicted octanol–water partition coefficient (Wildman–Crippen LogP) is 4.13. The molecular weight excluding hydrogens is 454 g/mol. The lowest BCUT2D eigenvalue weighted by Gasteiger charge is -2.38. The van der Waals surface area contributed by atoms with Crippen LogP contribution in [0.2, 0.25) is 0 Å². The summed E-state index contributed by atoms with van der Waals surface area (Å²) in [7, 11) is 0. The van der Waals surface area contributed by atoms with Crippen LogP contribution in [0.25, 0.3) is 10.9 Å². The molecule has 0 aliphatic heterocycles. The first-order chi connectivity index (χ1) is 17.4. The number of hydrogen-bond donors (Lipinski definition) is 2. The van der Waals surface area contributed by atoms with E-state index < -0.39 is 5.91 Å². The van der Waals surface area contributed by atoms with Crippen LogP contribution < -0.4 is 20.8 Å². The molecule has 36 heavy (non-hydrogen) atoms. The van der Waals surface area contributed by atoms with E-state index in [1.807, 2.05) is 37.4 Å². The Morgan fingerprint density at radius 2 is 2.06 bits per heavy atom. The van der Waals surface area contributed by atoms with Gasteiger partial charge in [-0.3, -0.25) is 14.3 Å². The molecule has 8 heteroatoms. The largest absolute Gasteiger partial charge is 0.456 e. The number of pyridine rings is 1. The maximum Gasteiger partial charge on any atom is 0.248 e. The summed E-state index contributed by atoms with van der Waals surface area (Å²) in [5, 5.41) is 8.27. The highest BCUT2D eigenvalue weighted by Gasteiger charge is 2.52. The summed E-state index contributed by atoms with van der Waals surface area (Å²) < 4.78 is 8.25. The third-order valence-corrected chi connectivity index (χ3v) is 7.57. The Morgan fingerprint density at radius 1 is 1.19 bits per heavy atom. The van der Waals surface area contributed by atoms with Crippen molar-refractivity contribution >= 4 is 28.4 Å². The normalized spacial score (nSPS) is 20.2. The molecule has 8 nitrogen and oxygen atoms in total. The molecule has 7 rings (SSSR count). The zero-order valence-electron chi connectivity index (χ0n) is 20.1. The molecule has 0 radical (unpaired) electrons. The van der Waals surface area contributed by atoms with Crippen molar-refractivity contribution in [3.63, 3.8) is 0 Å². The highest BCUT2D eigenvalue weighted by molar-refractivity contribution is 5.97. The monoisotopic (exact) mass is 482 g/mol. The number of aromatic nitrogens is 3. The smallest absolute Gasteiger partial charge is 0.248 e. The van der Waals surface area contributed by atoms with Crippen molar-refractivity contribution < 1.29 is 19.3 Å². The molecule has 3 saturated carbocycles. The molecule has 3 aliphatic rings. The van der Waals surface area contributed by atoms with Crippen LogP contribution in [0.3, 0.4) is 0 Å². The van der Waals surface area contributed by atoms with E-state index in [2.05, 4.69) is 20.1 Å². The molecule has 2 heterocycles. The first-order valence-corrected chi connectivity index (χ1v) is 12.3. The maximum absolute atomic E-state index is 12.7. The molecule has 2 amide bonds. The fraction of sp³-hybridized carbons (Fsp3) is 0.286. The number of rotatable bonds is 7. The van der Waals surface area contributed by atoms with Crippen LogP contribution >= 0.6 is 0 Å². The number of nitrogens with two attached hydrogens (primary N) is 1. The van der Waals surface area contributed by atoms with Gasteiger partial charge in [0.15, 0.2) is 6.20 Å². The van der Waals surface area contributed by atoms with Gasteiger partial charge in [-0.2, -0.15) is 5.10 Å². The van der Waals surface area contributed by atoms with Gasteiger partial charge in [-0.1, -0.05) is 12.1 Å². The van der Waals surface area contributed by atoms with E-state index in [9.17, 15) is 9.59 Å². The molecule has 2 aromatic carbocycles. The summed E-state index contributed by atoms with van der Waals surface area (Å²) in [5.74, 6) is 1.56. The van der Waals surface area contributed by atoms with E-state index in [-0.39, 0.29) is 17.9 Å². The first kappa shape index (κ1) is 22.3. The molecule has 3 aliphatic carbocycles. The summed E-state index contributed by atoms with van der Waals surface area (Å²) in [6, 6.07) is 12.7. The van der Waals surface area contributed by atoms with Crippen molar-refractivity contribution in [2.24, 2.45) is 11.7 Å². The number of carbonyl (C=O) groups excluding carboxylic acids is 2. The second-order valence-electron chi connectivity index (χ2n) is 10.1. The number of nitrogens with one attached hydrogen (secondary N) is 2. The van der Waals surface area contributed by atoms with Crippen LogP contribution in [0.5, 0.6) is 11.5 Å². The number of benzene rings is 2. The van der Waals surface area contributed by atoms with Gasteiger partial charge in [-0.05, 0) is 67.9 Å². The molecule has 0 saturated heterocycles. The lowest BCUT2D eigenvalue weighted by atomic mass is 9.77. The summed E-state index contributed by atoms with van der Waals surface area (Å²) in [4.78, 5) is 27.5. The van der Waals surface area contributed by atoms with Crippen LogP contribution in [0.1, 0.15) is 47.2 Å². The average Bonchev–Trinajstić information content (AvgIpc) is 3.57. The molecule has 0 spiro atoms. The van der Waals surface area contributed by atoms with Gasteiger partial charge in [0.25, 0.3) is 0 Å². The topological polar surface area (TPSA) is 113 Å². The minimum Gasteiger partial charge on any atom is -0.456 e. The van der Waals surface area contributed by atoms with E-state index in [1.54, 1.807) is 30.6 Å². The van der Waals surface area contributed by atoms with Crippen LogP contribution in [-0.4, -0.2) is 21.6 Å². The molecule has 0 unspecified atom stereocenters. The number of H-pyrrole nitrogens is 1. The number of amides is 2. The van der Waals surface area contributed by atoms with Gasteiger partial charge in [0.2, 0.25) is 17.3 Å². The Hall–Kier alpha value is -4.20. The van der Waals surface area contributed by atoms with Crippen LogP contribution in [0.4, 0.5) is 5.69 Å². The Labute approximate surface area is 208 Å². The Kier molecular flexibility index (Phi) is 5.25. The second kappa shape index (κ2) is 8.48. The number of fused-ring (bicyclic) bond motifs is 2.